The summed E-state index contributed by atoms with van der Waals surface area (Å²) < 4.78 is 23.5. The second-order valence-corrected chi connectivity index (χ2v) is 13.2. The molecule has 0 saturated carbocycles. The Morgan fingerprint density at radius 1 is 1.06 bits per heavy atom. The molecule has 13 heteroatoms. The van der Waals surface area contributed by atoms with Gasteiger partial charge in [0.05, 0.1) is 37.6 Å². The number of methoxy groups -OCH3 is 1. The molecule has 1 saturated heterocycles. The number of hydrogen-bond donors (Lipinski definition) is 1. The number of hydrogen-bond acceptors (Lipinski definition) is 9. The summed E-state index contributed by atoms with van der Waals surface area (Å²) >= 11 is 10.6. The van der Waals surface area contributed by atoms with Gasteiger partial charge in [0.15, 0.2) is 23.3 Å². The molecule has 1 aliphatic heterocycles. The van der Waals surface area contributed by atoms with Crippen LogP contribution in [0.1, 0.15) is 30.7 Å². The summed E-state index contributed by atoms with van der Waals surface area (Å²) in [5.74, 6) is 1.96. The van der Waals surface area contributed by atoms with Crippen LogP contribution in [-0.2, 0) is 16.1 Å². The molecule has 48 heavy (non-hydrogen) atoms. The zero-order valence-corrected chi connectivity index (χ0v) is 29.5. The first-order chi connectivity index (χ1) is 23.2. The van der Waals surface area contributed by atoms with E-state index in [2.05, 4.69) is 45.3 Å². The number of nitrogens with zero attached hydrogens (tertiary/aromatic N) is 3. The van der Waals surface area contributed by atoms with Gasteiger partial charge in [0.25, 0.3) is 11.8 Å². The lowest BCUT2D eigenvalue weighted by atomic mass is 10.2. The summed E-state index contributed by atoms with van der Waals surface area (Å²) in [6.07, 6.45) is 4.83. The highest BCUT2D eigenvalue weighted by atomic mass is 79.9. The number of furan rings is 1. The Balaban J connectivity index is 1.35. The topological polar surface area (TPSA) is 115 Å². The van der Waals surface area contributed by atoms with E-state index < -0.39 is 0 Å². The molecule has 1 aromatic heterocycles. The minimum absolute atomic E-state index is 0.160. The maximum Gasteiger partial charge on any atom is 0.267 e. The number of halogens is 2. The van der Waals surface area contributed by atoms with Gasteiger partial charge in [-0.2, -0.15) is 5.10 Å². The number of amidine groups is 1. The van der Waals surface area contributed by atoms with Crippen molar-refractivity contribution in [3.05, 3.63) is 110 Å². The third-order valence-corrected chi connectivity index (χ3v) is 8.38. The maximum absolute atomic E-state index is 13.7. The van der Waals surface area contributed by atoms with Crippen molar-refractivity contribution < 1.29 is 28.2 Å². The van der Waals surface area contributed by atoms with Gasteiger partial charge in [-0.25, -0.2) is 0 Å². The van der Waals surface area contributed by atoms with Gasteiger partial charge >= 0.3 is 0 Å². The normalized spacial score (nSPS) is 14.8. The van der Waals surface area contributed by atoms with Gasteiger partial charge in [-0.1, -0.05) is 41.4 Å². The number of benzene rings is 3. The zero-order chi connectivity index (χ0) is 34.0. The fraction of sp³-hybridized carbons (Fsp3) is 0.200. The van der Waals surface area contributed by atoms with Gasteiger partial charge in [-0.05, 0) is 102 Å². The molecule has 1 fully saturated rings. The quantitative estimate of drug-likeness (QED) is 0.0831. The van der Waals surface area contributed by atoms with Gasteiger partial charge in [-0.3, -0.25) is 14.5 Å². The van der Waals surface area contributed by atoms with Crippen molar-refractivity contribution in [3.63, 3.8) is 0 Å². The van der Waals surface area contributed by atoms with Crippen LogP contribution in [0.4, 0.5) is 5.69 Å². The van der Waals surface area contributed by atoms with E-state index in [4.69, 9.17) is 30.2 Å². The van der Waals surface area contributed by atoms with Crippen LogP contribution in [0.15, 0.2) is 103 Å². The Labute approximate surface area is 295 Å². The molecule has 4 aromatic rings. The van der Waals surface area contributed by atoms with Gasteiger partial charge in [-0.15, -0.1) is 5.10 Å². The monoisotopic (exact) mass is 750 g/mol. The number of anilines is 1. The first-order valence-corrected chi connectivity index (χ1v) is 16.8. The number of rotatable bonds is 13. The van der Waals surface area contributed by atoms with E-state index in [0.29, 0.717) is 61.9 Å². The minimum atomic E-state index is -0.350. The average molecular weight is 752 g/mol. The summed E-state index contributed by atoms with van der Waals surface area (Å²) in [5.41, 5.74) is 1.93. The second-order valence-electron chi connectivity index (χ2n) is 10.8. The molecule has 0 atom stereocenters. The number of carbonyl (C=O) groups is 2. The molecule has 248 valence electrons. The number of thioether (sulfide) groups is 1. The van der Waals surface area contributed by atoms with Crippen molar-refractivity contribution in [2.75, 3.05) is 25.6 Å². The highest BCUT2D eigenvalue weighted by Crippen LogP contribution is 2.36. The lowest BCUT2D eigenvalue weighted by Gasteiger charge is -2.13. The van der Waals surface area contributed by atoms with E-state index in [9.17, 15) is 9.59 Å². The van der Waals surface area contributed by atoms with Crippen LogP contribution in [0.5, 0.6) is 17.2 Å². The fourth-order valence-electron chi connectivity index (χ4n) is 4.34. The SMILES string of the molecule is COc1cc(/C=N\N=C2\S/C(=C\c3cc(Br)ccc3OCC(=O)Nc3ccc(Cl)cc3)C(=O)N2Cc2ccco2)ccc1OCC(C)C. The van der Waals surface area contributed by atoms with Crippen LogP contribution in [0.25, 0.3) is 6.08 Å². The van der Waals surface area contributed by atoms with Crippen molar-refractivity contribution in [3.8, 4) is 17.2 Å². The van der Waals surface area contributed by atoms with Crippen LogP contribution in [0.2, 0.25) is 5.02 Å². The summed E-state index contributed by atoms with van der Waals surface area (Å²) in [5, 5.41) is 12.4. The van der Waals surface area contributed by atoms with Gasteiger partial charge in [0, 0.05) is 20.7 Å². The lowest BCUT2D eigenvalue weighted by molar-refractivity contribution is -0.122. The number of amides is 2. The Hall–Kier alpha value is -4.52. The average Bonchev–Trinajstić information content (AvgIpc) is 3.69. The Morgan fingerprint density at radius 3 is 2.58 bits per heavy atom. The second kappa shape index (κ2) is 16.5. The maximum atomic E-state index is 13.7. The van der Waals surface area contributed by atoms with E-state index >= 15 is 0 Å². The molecule has 5 rings (SSSR count). The molecule has 3 aromatic carbocycles. The molecule has 0 radical (unpaired) electrons. The van der Waals surface area contributed by atoms with Crippen molar-refractivity contribution >= 4 is 74.3 Å². The molecule has 0 bridgehead atoms. The summed E-state index contributed by atoms with van der Waals surface area (Å²) in [7, 11) is 1.58. The Morgan fingerprint density at radius 2 is 1.85 bits per heavy atom. The molecule has 1 aliphatic rings. The largest absolute Gasteiger partial charge is 0.493 e. The standard InChI is InChI=1S/C35H32BrClN4O6S/c1-22(2)20-46-30-12-6-23(15-31(30)44-3)18-38-40-35-41(19-28-5-4-14-45-28)34(43)32(48-35)17-24-16-25(36)7-13-29(24)47-21-33(42)39-27-10-8-26(37)9-11-27/h4-18,22H,19-21H2,1-3H3,(H,39,42)/b32-17-,38-18-,40-35+. The fourth-order valence-corrected chi connectivity index (χ4v) is 5.77. The summed E-state index contributed by atoms with van der Waals surface area (Å²) in [6.45, 7) is 4.63. The summed E-state index contributed by atoms with van der Waals surface area (Å²) in [4.78, 5) is 28.2. The zero-order valence-electron chi connectivity index (χ0n) is 26.3. The van der Waals surface area contributed by atoms with Gasteiger partial charge in [0.1, 0.15) is 11.5 Å². The highest BCUT2D eigenvalue weighted by molar-refractivity contribution is 9.10. The van der Waals surface area contributed by atoms with E-state index in [1.807, 2.05) is 18.2 Å². The molecule has 2 amide bonds. The van der Waals surface area contributed by atoms with Crippen LogP contribution in [0.3, 0.4) is 0 Å². The smallest absolute Gasteiger partial charge is 0.267 e. The third kappa shape index (κ3) is 9.52. The number of carbonyl (C=O) groups excluding carboxylic acids is 2. The molecular weight excluding hydrogens is 720 g/mol. The predicted molar refractivity (Wildman–Crippen MR) is 193 cm³/mol. The molecule has 0 aliphatic carbocycles. The third-order valence-electron chi connectivity index (χ3n) is 6.64. The van der Waals surface area contributed by atoms with E-state index in [-0.39, 0.29) is 25.0 Å². The first kappa shape index (κ1) is 34.8. The van der Waals surface area contributed by atoms with Crippen LogP contribution < -0.4 is 19.5 Å². The van der Waals surface area contributed by atoms with Gasteiger partial charge in [0.2, 0.25) is 0 Å². The van der Waals surface area contributed by atoms with Crippen LogP contribution in [-0.4, -0.2) is 48.4 Å². The summed E-state index contributed by atoms with van der Waals surface area (Å²) in [6, 6.07) is 21.1. The number of ether oxygens (including phenoxy) is 3. The van der Waals surface area contributed by atoms with Crippen molar-refractivity contribution in [1.82, 2.24) is 4.90 Å². The number of nitrogens with one attached hydrogen (secondary N) is 1. The molecule has 0 unspecified atom stereocenters. The minimum Gasteiger partial charge on any atom is -0.493 e. The molecule has 1 N–H and O–H groups in total. The van der Waals surface area contributed by atoms with Crippen LogP contribution >= 0.6 is 39.3 Å². The molecule has 0 spiro atoms. The molecule has 10 nitrogen and oxygen atoms in total. The van der Waals surface area contributed by atoms with Crippen LogP contribution in [0, 0.1) is 5.92 Å². The Kier molecular flexibility index (Phi) is 12.0. The van der Waals surface area contributed by atoms with Gasteiger partial charge < -0.3 is 23.9 Å². The first-order valence-electron chi connectivity index (χ1n) is 14.8. The van der Waals surface area contributed by atoms with Crippen molar-refractivity contribution in [1.29, 1.82) is 0 Å². The van der Waals surface area contributed by atoms with E-state index in [1.165, 1.54) is 16.7 Å². The van der Waals surface area contributed by atoms with E-state index in [0.717, 1.165) is 10.0 Å². The predicted octanol–water partition coefficient (Wildman–Crippen LogP) is 8.26. The van der Waals surface area contributed by atoms with Crippen molar-refractivity contribution in [2.45, 2.75) is 20.4 Å². The van der Waals surface area contributed by atoms with E-state index in [1.54, 1.807) is 80.3 Å². The highest BCUT2D eigenvalue weighted by Gasteiger charge is 2.34. The lowest BCUT2D eigenvalue weighted by Crippen LogP contribution is -2.28. The van der Waals surface area contributed by atoms with Crippen molar-refractivity contribution in [2.24, 2.45) is 16.1 Å². The molecule has 2 heterocycles. The molecular formula is C35H32BrClN4O6S. The Bertz CT molecular complexity index is 1840.